The first-order valence-electron chi connectivity index (χ1n) is 6.92. The number of nitrogens with zero attached hydrogens (tertiary/aromatic N) is 2. The fourth-order valence-corrected chi connectivity index (χ4v) is 3.01. The van der Waals surface area contributed by atoms with Crippen LogP contribution in [0.15, 0.2) is 32.8 Å². The molecule has 0 saturated heterocycles. The minimum atomic E-state index is -0.893. The average molecular weight is 272 g/mol. The largest absolute Gasteiger partial charge is 0.481 e. The molecule has 1 atom stereocenters. The van der Waals surface area contributed by atoms with Crippen LogP contribution in [0, 0.1) is 0 Å². The summed E-state index contributed by atoms with van der Waals surface area (Å²) < 4.78 is 0. The molecule has 3 aliphatic rings. The summed E-state index contributed by atoms with van der Waals surface area (Å²) in [6, 6.07) is -0.564. The summed E-state index contributed by atoms with van der Waals surface area (Å²) in [7, 11) is 0. The summed E-state index contributed by atoms with van der Waals surface area (Å²) >= 11 is 0. The van der Waals surface area contributed by atoms with E-state index in [1.807, 2.05) is 6.08 Å². The lowest BCUT2D eigenvalue weighted by molar-refractivity contribution is -0.137. The monoisotopic (exact) mass is 272 g/mol. The van der Waals surface area contributed by atoms with E-state index in [9.17, 15) is 9.59 Å². The van der Waals surface area contributed by atoms with Gasteiger partial charge in [0, 0.05) is 29.5 Å². The number of carboxylic acid groups (broad SMARTS) is 1. The van der Waals surface area contributed by atoms with Crippen molar-refractivity contribution >= 4 is 23.7 Å². The molecule has 2 aliphatic heterocycles. The summed E-state index contributed by atoms with van der Waals surface area (Å²) in [4.78, 5) is 32.1. The third kappa shape index (κ3) is 2.24. The lowest BCUT2D eigenvalue weighted by Crippen LogP contribution is -2.27. The maximum atomic E-state index is 12.6. The van der Waals surface area contributed by atoms with Crippen molar-refractivity contribution in [3.8, 4) is 0 Å². The second-order valence-corrected chi connectivity index (χ2v) is 5.27. The molecule has 0 saturated carbocycles. The van der Waals surface area contributed by atoms with Gasteiger partial charge in [-0.15, -0.1) is 0 Å². The Balaban J connectivity index is 1.96. The Labute approximate surface area is 116 Å². The van der Waals surface area contributed by atoms with Crippen LogP contribution < -0.4 is 0 Å². The van der Waals surface area contributed by atoms with Crippen molar-refractivity contribution in [2.75, 3.05) is 6.54 Å². The van der Waals surface area contributed by atoms with Crippen LogP contribution in [0.25, 0.3) is 0 Å². The van der Waals surface area contributed by atoms with E-state index in [1.54, 1.807) is 6.21 Å². The first-order valence-corrected chi connectivity index (χ1v) is 6.92. The van der Waals surface area contributed by atoms with Crippen LogP contribution >= 0.6 is 0 Å². The van der Waals surface area contributed by atoms with Gasteiger partial charge in [0.1, 0.15) is 6.04 Å². The van der Waals surface area contributed by atoms with E-state index in [2.05, 4.69) is 9.98 Å². The Morgan fingerprint density at radius 3 is 3.05 bits per heavy atom. The number of hydrogen-bond donors (Lipinski definition) is 1. The molecule has 5 heteroatoms. The molecule has 0 aromatic carbocycles. The SMILES string of the molecule is O=C(O)CCC1N=C/C=C2/CN=C3CCCC(=C32)C1=O. The minimum Gasteiger partial charge on any atom is -0.481 e. The number of carboxylic acids is 1. The van der Waals surface area contributed by atoms with Gasteiger partial charge in [-0.3, -0.25) is 19.6 Å². The zero-order chi connectivity index (χ0) is 14.1. The zero-order valence-corrected chi connectivity index (χ0v) is 11.1. The third-order valence-electron chi connectivity index (χ3n) is 3.97. The lowest BCUT2D eigenvalue weighted by Gasteiger charge is -2.22. The number of carbonyl (C=O) groups excluding carboxylic acids is 1. The van der Waals surface area contributed by atoms with E-state index in [0.29, 0.717) is 6.54 Å². The van der Waals surface area contributed by atoms with Gasteiger partial charge in [-0.25, -0.2) is 0 Å². The van der Waals surface area contributed by atoms with Gasteiger partial charge in [-0.05, 0) is 37.3 Å². The number of allylic oxidation sites excluding steroid dienone is 1. The van der Waals surface area contributed by atoms with Crippen LogP contribution in [0.3, 0.4) is 0 Å². The van der Waals surface area contributed by atoms with E-state index in [4.69, 9.17) is 5.11 Å². The van der Waals surface area contributed by atoms with Gasteiger partial charge in [-0.1, -0.05) is 0 Å². The highest BCUT2D eigenvalue weighted by Crippen LogP contribution is 2.34. The summed E-state index contributed by atoms with van der Waals surface area (Å²) in [5.41, 5.74) is 3.94. The molecular weight excluding hydrogens is 256 g/mol. The first kappa shape index (κ1) is 13.0. The van der Waals surface area contributed by atoms with E-state index in [0.717, 1.165) is 41.7 Å². The van der Waals surface area contributed by atoms with Crippen molar-refractivity contribution in [3.05, 3.63) is 22.8 Å². The first-order chi connectivity index (χ1) is 9.66. The van der Waals surface area contributed by atoms with Gasteiger partial charge in [0.25, 0.3) is 0 Å². The van der Waals surface area contributed by atoms with Gasteiger partial charge in [-0.2, -0.15) is 0 Å². The minimum absolute atomic E-state index is 0.0163. The van der Waals surface area contributed by atoms with Gasteiger partial charge in [0.05, 0.1) is 6.54 Å². The van der Waals surface area contributed by atoms with Crippen LogP contribution in [-0.4, -0.2) is 41.4 Å². The number of Topliss-reactive ketones (excluding diaryl/α,β-unsaturated/α-hetero) is 1. The molecule has 5 nitrogen and oxygen atoms in total. The van der Waals surface area contributed by atoms with Crippen LogP contribution in [0.2, 0.25) is 0 Å². The molecule has 1 aliphatic carbocycles. The van der Waals surface area contributed by atoms with Gasteiger partial charge < -0.3 is 5.11 Å². The molecule has 0 fully saturated rings. The molecule has 104 valence electrons. The normalized spacial score (nSPS) is 27.4. The summed E-state index contributed by atoms with van der Waals surface area (Å²) in [5.74, 6) is -0.909. The summed E-state index contributed by atoms with van der Waals surface area (Å²) in [6.45, 7) is 0.632. The second-order valence-electron chi connectivity index (χ2n) is 5.27. The molecule has 0 spiro atoms. The third-order valence-corrected chi connectivity index (χ3v) is 3.97. The van der Waals surface area contributed by atoms with Crippen LogP contribution in [-0.2, 0) is 9.59 Å². The predicted molar refractivity (Wildman–Crippen MR) is 75.4 cm³/mol. The predicted octanol–water partition coefficient (Wildman–Crippen LogP) is 1.73. The molecule has 1 unspecified atom stereocenters. The number of ketones is 1. The molecule has 0 aromatic rings. The standard InChI is InChI=1S/C15H16N2O3/c18-13(19)5-4-12-15(20)10-2-1-3-11-14(10)9(8-17-11)6-7-16-12/h6-7,12H,1-5,8H2,(H,18,19)/b9-6-,16-7?. The average Bonchev–Trinajstić information content (AvgIpc) is 2.83. The molecule has 2 heterocycles. The number of rotatable bonds is 3. The van der Waals surface area contributed by atoms with E-state index in [-0.39, 0.29) is 18.6 Å². The number of carbonyl (C=O) groups is 2. The van der Waals surface area contributed by atoms with Crippen LogP contribution in [0.4, 0.5) is 0 Å². The molecule has 0 bridgehead atoms. The molecule has 20 heavy (non-hydrogen) atoms. The topological polar surface area (TPSA) is 79.1 Å². The molecular formula is C15H16N2O3. The van der Waals surface area contributed by atoms with E-state index < -0.39 is 12.0 Å². The quantitative estimate of drug-likeness (QED) is 0.849. The van der Waals surface area contributed by atoms with Crippen LogP contribution in [0.1, 0.15) is 32.1 Å². The highest BCUT2D eigenvalue weighted by molar-refractivity contribution is 6.16. The smallest absolute Gasteiger partial charge is 0.303 e. The van der Waals surface area contributed by atoms with Crippen molar-refractivity contribution < 1.29 is 14.7 Å². The van der Waals surface area contributed by atoms with Crippen molar-refractivity contribution in [2.45, 2.75) is 38.1 Å². The fraction of sp³-hybridized carbons (Fsp3) is 0.467. The van der Waals surface area contributed by atoms with Gasteiger partial charge in [0.15, 0.2) is 5.78 Å². The Kier molecular flexibility index (Phi) is 3.34. The molecule has 1 N–H and O–H groups in total. The highest BCUT2D eigenvalue weighted by atomic mass is 16.4. The number of hydrogen-bond acceptors (Lipinski definition) is 4. The Morgan fingerprint density at radius 1 is 1.40 bits per heavy atom. The molecule has 3 rings (SSSR count). The number of aliphatic imine (C=N–C) groups is 2. The van der Waals surface area contributed by atoms with E-state index >= 15 is 0 Å². The highest BCUT2D eigenvalue weighted by Gasteiger charge is 2.32. The molecule has 0 aromatic heterocycles. The Hall–Kier alpha value is -2.04. The fourth-order valence-electron chi connectivity index (χ4n) is 3.01. The Morgan fingerprint density at radius 2 is 2.25 bits per heavy atom. The summed E-state index contributed by atoms with van der Waals surface area (Å²) in [6.07, 6.45) is 6.40. The van der Waals surface area contributed by atoms with Gasteiger partial charge >= 0.3 is 5.97 Å². The van der Waals surface area contributed by atoms with Crippen molar-refractivity contribution in [2.24, 2.45) is 9.98 Å². The van der Waals surface area contributed by atoms with Crippen molar-refractivity contribution in [3.63, 3.8) is 0 Å². The van der Waals surface area contributed by atoms with Crippen molar-refractivity contribution in [1.29, 1.82) is 0 Å². The Bertz CT molecular complexity index is 596. The lowest BCUT2D eigenvalue weighted by atomic mass is 9.82. The zero-order valence-electron chi connectivity index (χ0n) is 11.1. The summed E-state index contributed by atoms with van der Waals surface area (Å²) in [5, 5.41) is 8.78. The molecule has 0 radical (unpaired) electrons. The maximum absolute atomic E-state index is 12.6. The number of aliphatic carboxylic acids is 1. The van der Waals surface area contributed by atoms with Crippen molar-refractivity contribution in [1.82, 2.24) is 0 Å². The molecule has 0 amide bonds. The van der Waals surface area contributed by atoms with Gasteiger partial charge in [0.2, 0.25) is 0 Å². The van der Waals surface area contributed by atoms with Crippen LogP contribution in [0.5, 0.6) is 0 Å². The second kappa shape index (κ2) is 5.15. The maximum Gasteiger partial charge on any atom is 0.303 e. The van der Waals surface area contributed by atoms with E-state index in [1.165, 1.54) is 0 Å².